The Morgan fingerprint density at radius 2 is 1.64 bits per heavy atom. The SMILES string of the molecule is CC(C)(C)OC(=O)N1C[C@H](c2cccc(-c3cncc(S(C)(=O)=O)c3)c2)[C@H](c2ccccc2)CC1=O. The number of pyridine rings is 1. The molecule has 2 heterocycles. The summed E-state index contributed by atoms with van der Waals surface area (Å²) in [6, 6.07) is 19.2. The number of carbonyl (C=O) groups excluding carboxylic acids is 2. The normalized spacial score (nSPS) is 18.7. The van der Waals surface area contributed by atoms with Gasteiger partial charge in [0.1, 0.15) is 5.60 Å². The number of imide groups is 1. The first-order chi connectivity index (χ1) is 16.9. The Balaban J connectivity index is 1.74. The zero-order chi connectivity index (χ0) is 26.1. The number of piperidine rings is 1. The van der Waals surface area contributed by atoms with Crippen molar-refractivity contribution in [1.82, 2.24) is 9.88 Å². The molecule has 0 saturated carbocycles. The highest BCUT2D eigenvalue weighted by atomic mass is 32.2. The van der Waals surface area contributed by atoms with Crippen LogP contribution in [0.5, 0.6) is 0 Å². The standard InChI is InChI=1S/C28H30N2O5S/c1-28(2,3)35-27(32)30-18-25(24(15-26(30)31)19-9-6-5-7-10-19)21-12-8-11-20(13-21)22-14-23(17-29-16-22)36(4,33)34/h5-14,16-17,24-25H,15,18H2,1-4H3/t24-,25+/m0/s1. The summed E-state index contributed by atoms with van der Waals surface area (Å²) in [6.07, 6.45) is 3.63. The zero-order valence-electron chi connectivity index (χ0n) is 20.8. The first-order valence-electron chi connectivity index (χ1n) is 11.8. The molecule has 4 rings (SSSR count). The first kappa shape index (κ1) is 25.6. The molecule has 0 bridgehead atoms. The maximum atomic E-state index is 13.1. The molecule has 188 valence electrons. The van der Waals surface area contributed by atoms with Gasteiger partial charge in [-0.25, -0.2) is 18.1 Å². The number of nitrogens with zero attached hydrogens (tertiary/aromatic N) is 2. The third-order valence-electron chi connectivity index (χ3n) is 6.19. The number of hydrogen-bond acceptors (Lipinski definition) is 6. The molecule has 3 aromatic rings. The molecule has 1 aliphatic heterocycles. The molecule has 0 unspecified atom stereocenters. The molecule has 36 heavy (non-hydrogen) atoms. The monoisotopic (exact) mass is 506 g/mol. The van der Waals surface area contributed by atoms with Gasteiger partial charge in [-0.15, -0.1) is 0 Å². The summed E-state index contributed by atoms with van der Waals surface area (Å²) in [5.41, 5.74) is 2.71. The molecule has 0 N–H and O–H groups in total. The number of ether oxygens (including phenoxy) is 1. The third kappa shape index (κ3) is 5.82. The van der Waals surface area contributed by atoms with E-state index in [1.165, 1.54) is 11.1 Å². The average molecular weight is 507 g/mol. The second-order valence-corrected chi connectivity index (χ2v) is 12.1. The van der Waals surface area contributed by atoms with Gasteiger partial charge in [0, 0.05) is 49.0 Å². The second-order valence-electron chi connectivity index (χ2n) is 10.1. The van der Waals surface area contributed by atoms with Crippen LogP contribution in [-0.4, -0.2) is 48.7 Å². The van der Waals surface area contributed by atoms with E-state index in [0.29, 0.717) is 5.56 Å². The predicted molar refractivity (Wildman–Crippen MR) is 137 cm³/mol. The molecule has 8 heteroatoms. The third-order valence-corrected chi connectivity index (χ3v) is 7.27. The minimum absolute atomic E-state index is 0.131. The Bertz CT molecular complexity index is 1380. The lowest BCUT2D eigenvalue weighted by Crippen LogP contribution is -2.47. The van der Waals surface area contributed by atoms with Gasteiger partial charge in [0.15, 0.2) is 9.84 Å². The van der Waals surface area contributed by atoms with Crippen molar-refractivity contribution in [2.45, 2.75) is 49.5 Å². The van der Waals surface area contributed by atoms with Crippen LogP contribution in [0.3, 0.4) is 0 Å². The molecule has 1 aromatic heterocycles. The summed E-state index contributed by atoms with van der Waals surface area (Å²) >= 11 is 0. The lowest BCUT2D eigenvalue weighted by Gasteiger charge is -2.38. The van der Waals surface area contributed by atoms with Crippen LogP contribution in [0.2, 0.25) is 0 Å². The van der Waals surface area contributed by atoms with Crippen LogP contribution in [0.25, 0.3) is 11.1 Å². The van der Waals surface area contributed by atoms with E-state index in [0.717, 1.165) is 22.9 Å². The van der Waals surface area contributed by atoms with E-state index in [1.807, 2.05) is 54.6 Å². The van der Waals surface area contributed by atoms with Crippen LogP contribution < -0.4 is 0 Å². The summed E-state index contributed by atoms with van der Waals surface area (Å²) in [4.78, 5) is 31.4. The first-order valence-corrected chi connectivity index (χ1v) is 13.7. The van der Waals surface area contributed by atoms with Crippen molar-refractivity contribution in [2.24, 2.45) is 0 Å². The number of hydrogen-bond donors (Lipinski definition) is 0. The van der Waals surface area contributed by atoms with Crippen LogP contribution in [0, 0.1) is 0 Å². The molecule has 2 atom stereocenters. The minimum atomic E-state index is -3.40. The molecular formula is C28H30N2O5S. The largest absolute Gasteiger partial charge is 0.443 e. The second kappa shape index (κ2) is 9.85. The number of likely N-dealkylation sites (tertiary alicyclic amines) is 1. The maximum Gasteiger partial charge on any atom is 0.417 e. The maximum absolute atomic E-state index is 13.1. The number of carbonyl (C=O) groups is 2. The van der Waals surface area contributed by atoms with E-state index >= 15 is 0 Å². The van der Waals surface area contributed by atoms with Crippen molar-refractivity contribution < 1.29 is 22.7 Å². The molecule has 0 spiro atoms. The molecule has 7 nitrogen and oxygen atoms in total. The molecule has 1 aliphatic rings. The molecule has 2 amide bonds. The van der Waals surface area contributed by atoms with Crippen molar-refractivity contribution in [2.75, 3.05) is 12.8 Å². The average Bonchev–Trinajstić information content (AvgIpc) is 2.83. The van der Waals surface area contributed by atoms with Gasteiger partial charge in [-0.2, -0.15) is 0 Å². The Hall–Kier alpha value is -3.52. The van der Waals surface area contributed by atoms with Crippen LogP contribution in [0.4, 0.5) is 4.79 Å². The molecule has 1 fully saturated rings. The van der Waals surface area contributed by atoms with Gasteiger partial charge in [-0.1, -0.05) is 54.6 Å². The summed E-state index contributed by atoms with van der Waals surface area (Å²) in [6.45, 7) is 5.49. The van der Waals surface area contributed by atoms with Crippen LogP contribution in [0.15, 0.2) is 78.0 Å². The quantitative estimate of drug-likeness (QED) is 0.484. The van der Waals surface area contributed by atoms with E-state index in [2.05, 4.69) is 4.98 Å². The fourth-order valence-electron chi connectivity index (χ4n) is 4.48. The predicted octanol–water partition coefficient (Wildman–Crippen LogP) is 5.19. The lowest BCUT2D eigenvalue weighted by molar-refractivity contribution is -0.133. The number of amides is 2. The summed E-state index contributed by atoms with van der Waals surface area (Å²) in [7, 11) is -3.40. The fourth-order valence-corrected chi connectivity index (χ4v) is 5.07. The van der Waals surface area contributed by atoms with E-state index in [4.69, 9.17) is 4.74 Å². The number of benzene rings is 2. The number of aromatic nitrogens is 1. The molecular weight excluding hydrogens is 476 g/mol. The number of sulfone groups is 1. The Labute approximate surface area is 212 Å². The molecule has 2 aromatic carbocycles. The highest BCUT2D eigenvalue weighted by molar-refractivity contribution is 7.90. The highest BCUT2D eigenvalue weighted by Gasteiger charge is 2.40. The topological polar surface area (TPSA) is 93.6 Å². The summed E-state index contributed by atoms with van der Waals surface area (Å²) in [5, 5.41) is 0. The van der Waals surface area contributed by atoms with Gasteiger partial charge < -0.3 is 4.74 Å². The van der Waals surface area contributed by atoms with Crippen LogP contribution in [-0.2, 0) is 19.4 Å². The smallest absolute Gasteiger partial charge is 0.417 e. The van der Waals surface area contributed by atoms with Crippen molar-refractivity contribution >= 4 is 21.8 Å². The molecule has 0 aliphatic carbocycles. The summed E-state index contributed by atoms with van der Waals surface area (Å²) < 4.78 is 29.6. The Morgan fingerprint density at radius 1 is 0.944 bits per heavy atom. The van der Waals surface area contributed by atoms with E-state index in [-0.39, 0.29) is 35.6 Å². The van der Waals surface area contributed by atoms with Crippen molar-refractivity contribution in [3.63, 3.8) is 0 Å². The van der Waals surface area contributed by atoms with Crippen LogP contribution in [0.1, 0.15) is 50.2 Å². The Kier molecular flexibility index (Phi) is 7.00. The summed E-state index contributed by atoms with van der Waals surface area (Å²) in [5.74, 6) is -0.577. The van der Waals surface area contributed by atoms with E-state index in [9.17, 15) is 18.0 Å². The van der Waals surface area contributed by atoms with Crippen molar-refractivity contribution in [1.29, 1.82) is 0 Å². The fraction of sp³-hybridized carbons (Fsp3) is 0.321. The van der Waals surface area contributed by atoms with Crippen molar-refractivity contribution in [3.8, 4) is 11.1 Å². The van der Waals surface area contributed by atoms with Gasteiger partial charge in [-0.3, -0.25) is 9.78 Å². The van der Waals surface area contributed by atoms with Gasteiger partial charge in [0.05, 0.1) is 4.90 Å². The number of rotatable bonds is 4. The highest BCUT2D eigenvalue weighted by Crippen LogP contribution is 2.41. The Morgan fingerprint density at radius 3 is 2.31 bits per heavy atom. The zero-order valence-corrected chi connectivity index (χ0v) is 21.7. The van der Waals surface area contributed by atoms with Gasteiger partial charge in [0.25, 0.3) is 0 Å². The molecule has 1 saturated heterocycles. The van der Waals surface area contributed by atoms with Crippen molar-refractivity contribution in [3.05, 3.63) is 84.2 Å². The molecule has 0 radical (unpaired) electrons. The van der Waals surface area contributed by atoms with Gasteiger partial charge in [-0.05, 0) is 43.5 Å². The van der Waals surface area contributed by atoms with E-state index < -0.39 is 21.5 Å². The van der Waals surface area contributed by atoms with Crippen LogP contribution >= 0.6 is 0 Å². The minimum Gasteiger partial charge on any atom is -0.443 e. The van der Waals surface area contributed by atoms with Gasteiger partial charge >= 0.3 is 6.09 Å². The van der Waals surface area contributed by atoms with Gasteiger partial charge in [0.2, 0.25) is 5.91 Å². The lowest BCUT2D eigenvalue weighted by atomic mass is 9.76. The van der Waals surface area contributed by atoms with E-state index in [1.54, 1.807) is 33.0 Å².